The molecule has 1 unspecified atom stereocenters. The van der Waals surface area contributed by atoms with Crippen LogP contribution in [0.1, 0.15) is 48.3 Å². The molecule has 2 aromatic carbocycles. The minimum atomic E-state index is -0.186. The molecule has 1 amide bonds. The molecule has 5 nitrogen and oxygen atoms in total. The maximum Gasteiger partial charge on any atom is 0.269 e. The number of carbonyl (C=O) groups excluding carboxylic acids is 1. The molecule has 1 aliphatic heterocycles. The van der Waals surface area contributed by atoms with Crippen LogP contribution in [0.3, 0.4) is 0 Å². The first-order chi connectivity index (χ1) is 17.4. The molecule has 1 saturated heterocycles. The number of hydrogen-bond donors (Lipinski definition) is 1. The van der Waals surface area contributed by atoms with Gasteiger partial charge in [-0.3, -0.25) is 9.69 Å². The number of hydrogen-bond acceptors (Lipinski definition) is 3. The molecule has 0 spiro atoms. The van der Waals surface area contributed by atoms with Crippen molar-refractivity contribution in [1.29, 1.82) is 0 Å². The Morgan fingerprint density at radius 1 is 1.11 bits per heavy atom. The number of allylic oxidation sites excluding steroid dienone is 2. The van der Waals surface area contributed by atoms with Crippen LogP contribution < -0.4 is 5.32 Å². The molecule has 4 rings (SSSR count). The zero-order chi connectivity index (χ0) is 25.7. The molecule has 1 aliphatic rings. The highest BCUT2D eigenvalue weighted by atomic mass is 35.5. The molecular formula is C29H34Cl2N4O. The Hall–Kier alpha value is -2.73. The Labute approximate surface area is 224 Å². The predicted molar refractivity (Wildman–Crippen MR) is 151 cm³/mol. The fourth-order valence-electron chi connectivity index (χ4n) is 4.92. The van der Waals surface area contributed by atoms with Gasteiger partial charge in [0.15, 0.2) is 0 Å². The third-order valence-corrected chi connectivity index (χ3v) is 7.51. The lowest BCUT2D eigenvalue weighted by molar-refractivity contribution is 0.0916. The Morgan fingerprint density at radius 3 is 2.50 bits per heavy atom. The summed E-state index contributed by atoms with van der Waals surface area (Å²) in [5.41, 5.74) is 3.37. The van der Waals surface area contributed by atoms with Crippen molar-refractivity contribution < 1.29 is 4.79 Å². The summed E-state index contributed by atoms with van der Waals surface area (Å²) in [5.74, 6) is -0.186. The molecule has 3 aromatic rings. The first-order valence-electron chi connectivity index (χ1n) is 12.5. The number of nitrogens with zero attached hydrogens (tertiary/aromatic N) is 3. The predicted octanol–water partition coefficient (Wildman–Crippen LogP) is 6.88. The summed E-state index contributed by atoms with van der Waals surface area (Å²) in [4.78, 5) is 18.1. The average molecular weight is 526 g/mol. The number of nitrogens with one attached hydrogen (secondary N) is 1. The number of aromatic nitrogens is 1. The summed E-state index contributed by atoms with van der Waals surface area (Å²) in [6.45, 7) is 9.15. The molecule has 0 radical (unpaired) electrons. The van der Waals surface area contributed by atoms with Crippen molar-refractivity contribution in [3.05, 3.63) is 94.4 Å². The minimum absolute atomic E-state index is 0.0684. The van der Waals surface area contributed by atoms with E-state index in [0.717, 1.165) is 35.3 Å². The number of para-hydroxylation sites is 1. The standard InChI is InChI=1S/C29H34Cl2N4O/c1-4-16-33(3)21(2)20-35-25-11-7-6-10-24(25)27(31)28(35)29(36)32-19-26(34-17-8-5-9-18-34)22-12-14-23(30)15-13-22/h4,6-7,10-16,26H,2,5,8-9,17-20H2,1,3H3,(H,32,36)/b16-4-. The quantitative estimate of drug-likeness (QED) is 0.331. The maximum atomic E-state index is 13.7. The zero-order valence-corrected chi connectivity index (χ0v) is 22.5. The van der Waals surface area contributed by atoms with Crippen molar-refractivity contribution in [2.45, 2.75) is 38.8 Å². The van der Waals surface area contributed by atoms with Crippen LogP contribution in [-0.4, -0.2) is 47.0 Å². The molecule has 0 bridgehead atoms. The van der Waals surface area contributed by atoms with Gasteiger partial charge in [0.25, 0.3) is 5.91 Å². The van der Waals surface area contributed by atoms with Crippen LogP contribution in [-0.2, 0) is 6.54 Å². The SMILES string of the molecule is C=C(Cn1c(C(=O)NCC(c2ccc(Cl)cc2)N2CCCCC2)c(Cl)c2ccccc21)N(C)/C=C\C. The van der Waals surface area contributed by atoms with Crippen molar-refractivity contribution >= 4 is 40.0 Å². The largest absolute Gasteiger partial charge is 0.354 e. The summed E-state index contributed by atoms with van der Waals surface area (Å²) >= 11 is 13.0. The van der Waals surface area contributed by atoms with Gasteiger partial charge in [-0.25, -0.2) is 0 Å². The number of fused-ring (bicyclic) bond motifs is 1. The molecule has 1 aromatic heterocycles. The summed E-state index contributed by atoms with van der Waals surface area (Å²) in [6.07, 6.45) is 7.49. The van der Waals surface area contributed by atoms with E-state index in [1.165, 1.54) is 19.3 Å². The molecule has 36 heavy (non-hydrogen) atoms. The fraction of sp³-hybridized carbons (Fsp3) is 0.345. The topological polar surface area (TPSA) is 40.5 Å². The number of halogens is 2. The van der Waals surface area contributed by atoms with E-state index < -0.39 is 0 Å². The molecule has 7 heteroatoms. The van der Waals surface area contributed by atoms with Crippen molar-refractivity contribution in [1.82, 2.24) is 19.7 Å². The highest BCUT2D eigenvalue weighted by Gasteiger charge is 2.26. The molecule has 0 saturated carbocycles. The average Bonchev–Trinajstić information content (AvgIpc) is 3.17. The molecule has 1 atom stereocenters. The Morgan fingerprint density at radius 2 is 1.81 bits per heavy atom. The Bertz CT molecular complexity index is 1240. The van der Waals surface area contributed by atoms with Crippen molar-refractivity contribution in [2.24, 2.45) is 0 Å². The van der Waals surface area contributed by atoms with Gasteiger partial charge in [-0.2, -0.15) is 0 Å². The first-order valence-corrected chi connectivity index (χ1v) is 13.2. The number of likely N-dealkylation sites (N-methyl/N-ethyl adjacent to an activating group) is 1. The van der Waals surface area contributed by atoms with E-state index in [1.807, 2.05) is 72.1 Å². The molecule has 190 valence electrons. The van der Waals surface area contributed by atoms with Gasteiger partial charge in [-0.1, -0.05) is 72.6 Å². The van der Waals surface area contributed by atoms with E-state index in [4.69, 9.17) is 23.2 Å². The summed E-state index contributed by atoms with van der Waals surface area (Å²) < 4.78 is 1.97. The zero-order valence-electron chi connectivity index (χ0n) is 21.0. The maximum absolute atomic E-state index is 13.7. The van der Waals surface area contributed by atoms with Gasteiger partial charge in [0.05, 0.1) is 23.1 Å². The number of carbonyl (C=O) groups is 1. The van der Waals surface area contributed by atoms with Crippen molar-refractivity contribution in [3.63, 3.8) is 0 Å². The third-order valence-electron chi connectivity index (χ3n) is 6.88. The molecule has 2 heterocycles. The van der Waals surface area contributed by atoms with Crippen LogP contribution in [0.25, 0.3) is 10.9 Å². The highest BCUT2D eigenvalue weighted by Crippen LogP contribution is 2.32. The second kappa shape index (κ2) is 12.0. The van der Waals surface area contributed by atoms with E-state index in [9.17, 15) is 4.79 Å². The number of piperidine rings is 1. The first kappa shape index (κ1) is 26.3. The van der Waals surface area contributed by atoms with E-state index in [1.54, 1.807) is 0 Å². The third kappa shape index (κ3) is 5.80. The lowest BCUT2D eigenvalue weighted by atomic mass is 10.0. The number of rotatable bonds is 9. The van der Waals surface area contributed by atoms with Crippen LogP contribution in [0.5, 0.6) is 0 Å². The van der Waals surface area contributed by atoms with E-state index in [0.29, 0.717) is 28.8 Å². The Kier molecular flexibility index (Phi) is 8.78. The fourth-order valence-corrected chi connectivity index (χ4v) is 5.39. The molecular weight excluding hydrogens is 491 g/mol. The smallest absolute Gasteiger partial charge is 0.269 e. The van der Waals surface area contributed by atoms with Gasteiger partial charge in [0, 0.05) is 29.7 Å². The van der Waals surface area contributed by atoms with Gasteiger partial charge in [-0.15, -0.1) is 0 Å². The molecule has 1 N–H and O–H groups in total. The highest BCUT2D eigenvalue weighted by molar-refractivity contribution is 6.38. The van der Waals surface area contributed by atoms with Gasteiger partial charge in [0.2, 0.25) is 0 Å². The van der Waals surface area contributed by atoms with Crippen molar-refractivity contribution in [2.75, 3.05) is 26.7 Å². The van der Waals surface area contributed by atoms with E-state index in [2.05, 4.69) is 28.9 Å². The van der Waals surface area contributed by atoms with Gasteiger partial charge in [-0.05, 0) is 62.8 Å². The Balaban J connectivity index is 1.62. The second-order valence-electron chi connectivity index (χ2n) is 9.30. The lowest BCUT2D eigenvalue weighted by Gasteiger charge is -2.35. The number of amides is 1. The summed E-state index contributed by atoms with van der Waals surface area (Å²) in [7, 11) is 1.95. The minimum Gasteiger partial charge on any atom is -0.354 e. The number of likely N-dealkylation sites (tertiary alicyclic amines) is 1. The normalized spacial score (nSPS) is 15.3. The second-order valence-corrected chi connectivity index (χ2v) is 10.1. The molecule has 1 fully saturated rings. The van der Waals surface area contributed by atoms with Gasteiger partial charge < -0.3 is 14.8 Å². The summed E-state index contributed by atoms with van der Waals surface area (Å²) in [6, 6.07) is 15.8. The van der Waals surface area contributed by atoms with Crippen LogP contribution in [0.2, 0.25) is 10.0 Å². The van der Waals surface area contributed by atoms with Crippen molar-refractivity contribution in [3.8, 4) is 0 Å². The summed E-state index contributed by atoms with van der Waals surface area (Å²) in [5, 5.41) is 5.23. The van der Waals surface area contributed by atoms with Gasteiger partial charge >= 0.3 is 0 Å². The number of benzene rings is 2. The van der Waals surface area contributed by atoms with Crippen LogP contribution >= 0.6 is 23.2 Å². The van der Waals surface area contributed by atoms with Crippen LogP contribution in [0.15, 0.2) is 73.1 Å². The van der Waals surface area contributed by atoms with E-state index in [-0.39, 0.29) is 11.9 Å². The van der Waals surface area contributed by atoms with Crippen LogP contribution in [0.4, 0.5) is 0 Å². The van der Waals surface area contributed by atoms with Crippen LogP contribution in [0, 0.1) is 0 Å². The lowest BCUT2D eigenvalue weighted by Crippen LogP contribution is -2.41. The van der Waals surface area contributed by atoms with E-state index >= 15 is 0 Å². The molecule has 0 aliphatic carbocycles. The van der Waals surface area contributed by atoms with Gasteiger partial charge in [0.1, 0.15) is 5.69 Å². The monoisotopic (exact) mass is 524 g/mol.